The maximum atomic E-state index is 4.24. The Bertz CT molecular complexity index is 768. The second-order valence-electron chi connectivity index (χ2n) is 5.67. The lowest BCUT2D eigenvalue weighted by molar-refractivity contribution is 0.268. The Morgan fingerprint density at radius 1 is 1.18 bits per heavy atom. The Hall–Kier alpha value is -2.04. The summed E-state index contributed by atoms with van der Waals surface area (Å²) in [5, 5.41) is 10.4. The lowest BCUT2D eigenvalue weighted by atomic mass is 9.90. The van der Waals surface area contributed by atoms with E-state index < -0.39 is 0 Å². The molecule has 0 N–H and O–H groups in total. The summed E-state index contributed by atoms with van der Waals surface area (Å²) in [6.07, 6.45) is 2.82. The number of rotatable bonds is 2. The van der Waals surface area contributed by atoms with Crippen molar-refractivity contribution in [1.29, 1.82) is 0 Å². The second kappa shape index (κ2) is 5.63. The third-order valence-electron chi connectivity index (χ3n) is 4.30. The highest BCUT2D eigenvalue weighted by Crippen LogP contribution is 2.37. The van der Waals surface area contributed by atoms with Crippen LogP contribution in [0.25, 0.3) is 11.3 Å². The van der Waals surface area contributed by atoms with Crippen molar-refractivity contribution >= 4 is 11.3 Å². The maximum absolute atomic E-state index is 4.24. The van der Waals surface area contributed by atoms with Gasteiger partial charge in [-0.1, -0.05) is 18.2 Å². The Labute approximate surface area is 134 Å². The molecule has 0 radical (unpaired) electrons. The fraction of sp³-hybridized carbons (Fsp3) is 0.222. The molecule has 4 heteroatoms. The quantitative estimate of drug-likeness (QED) is 0.721. The van der Waals surface area contributed by atoms with Crippen LogP contribution in [0.1, 0.15) is 22.0 Å². The van der Waals surface area contributed by atoms with Gasteiger partial charge in [-0.15, -0.1) is 11.3 Å². The van der Waals surface area contributed by atoms with Crippen molar-refractivity contribution < 1.29 is 0 Å². The largest absolute Gasteiger partial charge is 0.294 e. The first-order valence-electron chi connectivity index (χ1n) is 7.47. The van der Waals surface area contributed by atoms with E-state index in [4.69, 9.17) is 0 Å². The molecule has 0 amide bonds. The van der Waals surface area contributed by atoms with E-state index in [1.54, 1.807) is 6.20 Å². The monoisotopic (exact) mass is 307 g/mol. The molecule has 0 saturated heterocycles. The number of hydrogen-bond acceptors (Lipinski definition) is 4. The van der Waals surface area contributed by atoms with Gasteiger partial charge in [-0.2, -0.15) is 10.2 Å². The van der Waals surface area contributed by atoms with Gasteiger partial charge < -0.3 is 0 Å². The fourth-order valence-electron chi connectivity index (χ4n) is 3.17. The molecule has 0 fully saturated rings. The van der Waals surface area contributed by atoms with Gasteiger partial charge >= 0.3 is 0 Å². The van der Waals surface area contributed by atoms with Crippen LogP contribution in [0.2, 0.25) is 0 Å². The zero-order valence-corrected chi connectivity index (χ0v) is 13.3. The van der Waals surface area contributed by atoms with Crippen LogP contribution in [-0.4, -0.2) is 28.7 Å². The van der Waals surface area contributed by atoms with Crippen molar-refractivity contribution in [3.8, 4) is 11.3 Å². The minimum atomic E-state index is 0.348. The van der Waals surface area contributed by atoms with E-state index in [-0.39, 0.29) is 0 Å². The van der Waals surface area contributed by atoms with E-state index >= 15 is 0 Å². The van der Waals surface area contributed by atoms with Crippen LogP contribution in [0.5, 0.6) is 0 Å². The molecular weight excluding hydrogens is 290 g/mol. The normalized spacial score (nSPS) is 18.1. The molecule has 1 aromatic carbocycles. The SMILES string of the molecule is CN1CCc2ccc(-c3cccnn3)cc2C1c1cccs1. The average Bonchev–Trinajstić information content (AvgIpc) is 3.09. The van der Waals surface area contributed by atoms with E-state index in [1.807, 2.05) is 23.5 Å². The van der Waals surface area contributed by atoms with E-state index in [2.05, 4.69) is 57.9 Å². The predicted octanol–water partition coefficient (Wildman–Crippen LogP) is 3.78. The van der Waals surface area contributed by atoms with Crippen molar-refractivity contribution in [2.24, 2.45) is 0 Å². The van der Waals surface area contributed by atoms with Gasteiger partial charge in [0.1, 0.15) is 0 Å². The van der Waals surface area contributed by atoms with Crippen molar-refractivity contribution in [1.82, 2.24) is 15.1 Å². The molecule has 1 aliphatic rings. The molecule has 4 rings (SSSR count). The molecule has 2 aromatic heterocycles. The summed E-state index contributed by atoms with van der Waals surface area (Å²) in [5.41, 5.74) is 4.93. The molecule has 0 spiro atoms. The Balaban J connectivity index is 1.83. The first kappa shape index (κ1) is 13.6. The van der Waals surface area contributed by atoms with Crippen LogP contribution in [0.4, 0.5) is 0 Å². The molecule has 1 unspecified atom stereocenters. The Morgan fingerprint density at radius 2 is 2.14 bits per heavy atom. The number of fused-ring (bicyclic) bond motifs is 1. The van der Waals surface area contributed by atoms with Crippen molar-refractivity contribution in [3.05, 3.63) is 70.0 Å². The van der Waals surface area contributed by atoms with E-state index in [0.717, 1.165) is 24.2 Å². The maximum Gasteiger partial charge on any atom is 0.0929 e. The molecule has 1 atom stereocenters. The number of hydrogen-bond donors (Lipinski definition) is 0. The summed E-state index contributed by atoms with van der Waals surface area (Å²) >= 11 is 1.83. The van der Waals surface area contributed by atoms with Crippen molar-refractivity contribution in [2.75, 3.05) is 13.6 Å². The summed E-state index contributed by atoms with van der Waals surface area (Å²) in [6.45, 7) is 1.10. The lowest BCUT2D eigenvalue weighted by Gasteiger charge is -2.34. The van der Waals surface area contributed by atoms with Crippen LogP contribution in [-0.2, 0) is 6.42 Å². The van der Waals surface area contributed by atoms with Gasteiger partial charge in [-0.3, -0.25) is 4.90 Å². The average molecular weight is 307 g/mol. The topological polar surface area (TPSA) is 29.0 Å². The summed E-state index contributed by atoms with van der Waals surface area (Å²) in [5.74, 6) is 0. The highest BCUT2D eigenvalue weighted by molar-refractivity contribution is 7.10. The summed E-state index contributed by atoms with van der Waals surface area (Å²) in [6, 6.07) is 15.4. The number of aromatic nitrogens is 2. The number of thiophene rings is 1. The predicted molar refractivity (Wildman–Crippen MR) is 90.0 cm³/mol. The highest BCUT2D eigenvalue weighted by Gasteiger charge is 2.27. The third-order valence-corrected chi connectivity index (χ3v) is 5.22. The van der Waals surface area contributed by atoms with Crippen LogP contribution in [0.15, 0.2) is 54.0 Å². The zero-order valence-electron chi connectivity index (χ0n) is 12.4. The molecule has 22 heavy (non-hydrogen) atoms. The summed E-state index contributed by atoms with van der Waals surface area (Å²) in [7, 11) is 2.21. The molecule has 3 heterocycles. The zero-order chi connectivity index (χ0) is 14.9. The van der Waals surface area contributed by atoms with Crippen LogP contribution >= 0.6 is 11.3 Å². The summed E-state index contributed by atoms with van der Waals surface area (Å²) in [4.78, 5) is 3.84. The molecule has 3 aromatic rings. The second-order valence-corrected chi connectivity index (χ2v) is 6.65. The standard InChI is InChI=1S/C18H17N3S/c1-21-10-8-13-6-7-14(16-4-2-9-19-20-16)12-15(13)18(21)17-5-3-11-22-17/h2-7,9,11-12,18H,8,10H2,1H3. The van der Waals surface area contributed by atoms with Crippen LogP contribution in [0.3, 0.4) is 0 Å². The third kappa shape index (κ3) is 2.34. The minimum absolute atomic E-state index is 0.348. The Morgan fingerprint density at radius 3 is 2.91 bits per heavy atom. The number of likely N-dealkylation sites (N-methyl/N-ethyl adjacent to an activating group) is 1. The number of benzene rings is 1. The van der Waals surface area contributed by atoms with E-state index in [1.165, 1.54) is 16.0 Å². The Kier molecular flexibility index (Phi) is 3.48. The van der Waals surface area contributed by atoms with E-state index in [9.17, 15) is 0 Å². The fourth-order valence-corrected chi connectivity index (χ4v) is 4.08. The first-order chi connectivity index (χ1) is 10.8. The van der Waals surface area contributed by atoms with E-state index in [0.29, 0.717) is 6.04 Å². The van der Waals surface area contributed by atoms with Crippen LogP contribution in [0, 0.1) is 0 Å². The van der Waals surface area contributed by atoms with Gasteiger partial charge in [0, 0.05) is 23.2 Å². The molecule has 3 nitrogen and oxygen atoms in total. The van der Waals surface area contributed by atoms with Crippen molar-refractivity contribution in [2.45, 2.75) is 12.5 Å². The van der Waals surface area contributed by atoms with Gasteiger partial charge in [0.25, 0.3) is 0 Å². The smallest absolute Gasteiger partial charge is 0.0929 e. The molecule has 1 aliphatic heterocycles. The first-order valence-corrected chi connectivity index (χ1v) is 8.35. The van der Waals surface area contributed by atoms with Gasteiger partial charge in [-0.05, 0) is 54.2 Å². The minimum Gasteiger partial charge on any atom is -0.294 e. The number of nitrogens with zero attached hydrogens (tertiary/aromatic N) is 3. The molecule has 0 saturated carbocycles. The highest BCUT2D eigenvalue weighted by atomic mass is 32.1. The molecular formula is C18H17N3S. The summed E-state index contributed by atoms with van der Waals surface area (Å²) < 4.78 is 0. The van der Waals surface area contributed by atoms with Gasteiger partial charge in [0.05, 0.1) is 11.7 Å². The lowest BCUT2D eigenvalue weighted by Crippen LogP contribution is -2.32. The molecule has 0 aliphatic carbocycles. The van der Waals surface area contributed by atoms with Crippen molar-refractivity contribution in [3.63, 3.8) is 0 Å². The molecule has 110 valence electrons. The van der Waals surface area contributed by atoms with Crippen LogP contribution < -0.4 is 0 Å². The van der Waals surface area contributed by atoms with Gasteiger partial charge in [0.15, 0.2) is 0 Å². The van der Waals surface area contributed by atoms with Gasteiger partial charge in [0.2, 0.25) is 0 Å². The molecule has 0 bridgehead atoms. The van der Waals surface area contributed by atoms with Gasteiger partial charge in [-0.25, -0.2) is 0 Å².